The maximum Gasteiger partial charge on any atom is 0.340 e. The average Bonchev–Trinajstić information content (AvgIpc) is 3.52. The van der Waals surface area contributed by atoms with Gasteiger partial charge in [0.15, 0.2) is 6.61 Å². The van der Waals surface area contributed by atoms with Crippen LogP contribution in [0.5, 0.6) is 0 Å². The number of benzene rings is 4. The van der Waals surface area contributed by atoms with Gasteiger partial charge in [-0.2, -0.15) is 9.41 Å². The number of rotatable bonds is 7. The molecule has 1 saturated carbocycles. The largest absolute Gasteiger partial charge is 0.452 e. The first-order valence-corrected chi connectivity index (χ1v) is 17.9. The molecular weight excluding hydrogens is 646 g/mol. The van der Waals surface area contributed by atoms with Gasteiger partial charge in [-0.15, -0.1) is 0 Å². The van der Waals surface area contributed by atoms with Crippen LogP contribution in [0.3, 0.4) is 0 Å². The minimum Gasteiger partial charge on any atom is -0.452 e. The molecule has 10 heteroatoms. The number of amides is 1. The Morgan fingerprint density at radius 3 is 2.38 bits per heavy atom. The molecule has 0 aromatic heterocycles. The number of nitrogens with zero attached hydrogens (tertiary/aromatic N) is 3. The van der Waals surface area contributed by atoms with Crippen LogP contribution >= 0.6 is 11.6 Å². The van der Waals surface area contributed by atoms with Crippen molar-refractivity contribution < 1.29 is 22.7 Å². The van der Waals surface area contributed by atoms with E-state index in [4.69, 9.17) is 21.4 Å². The molecule has 0 saturated heterocycles. The van der Waals surface area contributed by atoms with Crippen molar-refractivity contribution in [3.05, 3.63) is 142 Å². The lowest BCUT2D eigenvalue weighted by Crippen LogP contribution is -2.36. The number of fused-ring (bicyclic) bond motifs is 2. The summed E-state index contributed by atoms with van der Waals surface area (Å²) in [6.07, 6.45) is 5.41. The molecule has 3 aliphatic rings. The monoisotopic (exact) mass is 679 g/mol. The fourth-order valence-electron chi connectivity index (χ4n) is 6.86. The van der Waals surface area contributed by atoms with Crippen molar-refractivity contribution in [3.63, 3.8) is 0 Å². The van der Waals surface area contributed by atoms with Crippen LogP contribution in [0.1, 0.15) is 57.9 Å². The molecule has 0 N–H and O–H groups in total. The predicted octanol–water partition coefficient (Wildman–Crippen LogP) is 7.07. The van der Waals surface area contributed by atoms with Crippen LogP contribution in [-0.2, 0) is 32.5 Å². The van der Waals surface area contributed by atoms with Gasteiger partial charge in [0.1, 0.15) is 0 Å². The summed E-state index contributed by atoms with van der Waals surface area (Å²) in [7, 11) is -3.93. The van der Waals surface area contributed by atoms with Crippen LogP contribution in [-0.4, -0.2) is 48.5 Å². The number of hydrazone groups is 1. The van der Waals surface area contributed by atoms with Crippen molar-refractivity contribution in [2.24, 2.45) is 11.0 Å². The minimum absolute atomic E-state index is 0.00570. The Bertz CT molecular complexity index is 2030. The summed E-state index contributed by atoms with van der Waals surface area (Å²) in [5.41, 5.74) is 5.92. The molecule has 1 fully saturated rings. The van der Waals surface area contributed by atoms with E-state index < -0.39 is 28.5 Å². The summed E-state index contributed by atoms with van der Waals surface area (Å²) in [6.45, 7) is -0.0282. The molecule has 244 valence electrons. The van der Waals surface area contributed by atoms with Crippen LogP contribution in [0.4, 0.5) is 0 Å². The number of hydrogen-bond acceptors (Lipinski definition) is 6. The third kappa shape index (κ3) is 6.33. The highest BCUT2D eigenvalue weighted by molar-refractivity contribution is 7.89. The van der Waals surface area contributed by atoms with Crippen LogP contribution in [0, 0.1) is 5.92 Å². The second-order valence-corrected chi connectivity index (χ2v) is 14.6. The number of allylic oxidation sites excluding steroid dienone is 1. The summed E-state index contributed by atoms with van der Waals surface area (Å²) in [4.78, 5) is 27.0. The SMILES string of the molecule is O=C(OCC(=O)N1N=C2/C(=C\c3ccccc3)CCCC2C1c1ccccc1)c1cc(S(=O)(=O)N2CCc3ccccc3C2)ccc1Cl. The summed E-state index contributed by atoms with van der Waals surface area (Å²) >= 11 is 6.37. The Morgan fingerprint density at radius 2 is 1.60 bits per heavy atom. The van der Waals surface area contributed by atoms with E-state index in [1.54, 1.807) is 0 Å². The maximum absolute atomic E-state index is 13.8. The van der Waals surface area contributed by atoms with E-state index >= 15 is 0 Å². The van der Waals surface area contributed by atoms with E-state index in [0.29, 0.717) is 13.0 Å². The summed E-state index contributed by atoms with van der Waals surface area (Å²) < 4.78 is 34.1. The molecule has 1 aliphatic carbocycles. The maximum atomic E-state index is 13.8. The average molecular weight is 680 g/mol. The Labute approximate surface area is 285 Å². The van der Waals surface area contributed by atoms with E-state index in [9.17, 15) is 18.0 Å². The van der Waals surface area contributed by atoms with Crippen LogP contribution in [0.25, 0.3) is 6.08 Å². The van der Waals surface area contributed by atoms with Gasteiger partial charge < -0.3 is 4.74 Å². The number of ether oxygens (including phenoxy) is 1. The molecule has 0 spiro atoms. The van der Waals surface area contributed by atoms with E-state index in [1.807, 2.05) is 84.9 Å². The number of carbonyl (C=O) groups is 2. The number of halogens is 1. The number of sulfonamides is 1. The molecule has 8 nitrogen and oxygen atoms in total. The quantitative estimate of drug-likeness (QED) is 0.195. The molecule has 48 heavy (non-hydrogen) atoms. The Balaban J connectivity index is 1.11. The Morgan fingerprint density at radius 1 is 0.896 bits per heavy atom. The molecular formula is C38H34ClN3O5S. The highest BCUT2D eigenvalue weighted by Gasteiger charge is 2.44. The van der Waals surface area contributed by atoms with Crippen molar-refractivity contribution >= 4 is 45.3 Å². The Hall–Kier alpha value is -4.57. The van der Waals surface area contributed by atoms with Gasteiger partial charge in [-0.05, 0) is 77.8 Å². The van der Waals surface area contributed by atoms with E-state index in [1.165, 1.54) is 27.5 Å². The third-order valence-corrected chi connectivity index (χ3v) is 11.4. The van der Waals surface area contributed by atoms with Crippen LogP contribution in [0.15, 0.2) is 119 Å². The lowest BCUT2D eigenvalue weighted by atomic mass is 9.77. The minimum atomic E-state index is -3.93. The summed E-state index contributed by atoms with van der Waals surface area (Å²) in [5, 5.41) is 6.33. The summed E-state index contributed by atoms with van der Waals surface area (Å²) in [6, 6.07) is 31.2. The van der Waals surface area contributed by atoms with E-state index in [0.717, 1.165) is 52.8 Å². The number of hydrogen-bond donors (Lipinski definition) is 0. The lowest BCUT2D eigenvalue weighted by molar-refractivity contribution is -0.137. The first kappa shape index (κ1) is 32.0. The van der Waals surface area contributed by atoms with Crippen LogP contribution < -0.4 is 0 Å². The molecule has 2 unspecified atom stereocenters. The molecule has 2 aliphatic heterocycles. The van der Waals surface area contributed by atoms with E-state index in [2.05, 4.69) is 6.08 Å². The first-order valence-electron chi connectivity index (χ1n) is 16.0. The van der Waals surface area contributed by atoms with Gasteiger partial charge in [0.05, 0.1) is 27.2 Å². The topological polar surface area (TPSA) is 96.4 Å². The van der Waals surface area contributed by atoms with Crippen molar-refractivity contribution in [1.82, 2.24) is 9.31 Å². The molecule has 2 atom stereocenters. The zero-order valence-corrected chi connectivity index (χ0v) is 27.7. The molecule has 0 radical (unpaired) electrons. The first-order chi connectivity index (χ1) is 23.3. The summed E-state index contributed by atoms with van der Waals surface area (Å²) in [5.74, 6) is -1.38. The van der Waals surface area contributed by atoms with E-state index in [-0.39, 0.29) is 34.0 Å². The number of carbonyl (C=O) groups excluding carboxylic acids is 2. The number of esters is 1. The lowest BCUT2D eigenvalue weighted by Gasteiger charge is -2.29. The van der Waals surface area contributed by atoms with Gasteiger partial charge in [0.25, 0.3) is 5.91 Å². The van der Waals surface area contributed by atoms with Crippen LogP contribution in [0.2, 0.25) is 5.02 Å². The zero-order chi connectivity index (χ0) is 33.3. The fraction of sp³-hybridized carbons (Fsp3) is 0.237. The molecule has 1 amide bonds. The third-order valence-electron chi connectivity index (χ3n) is 9.26. The molecule has 7 rings (SSSR count). The molecule has 4 aromatic carbocycles. The normalized spacial score (nSPS) is 20.1. The van der Waals surface area contributed by atoms with Gasteiger partial charge in [-0.1, -0.05) is 96.5 Å². The second kappa shape index (κ2) is 13.5. The molecule has 2 heterocycles. The van der Waals surface area contributed by atoms with Crippen molar-refractivity contribution in [2.75, 3.05) is 13.2 Å². The zero-order valence-electron chi connectivity index (χ0n) is 26.2. The van der Waals surface area contributed by atoms with Crippen molar-refractivity contribution in [2.45, 2.75) is 43.2 Å². The van der Waals surface area contributed by atoms with Crippen molar-refractivity contribution in [3.8, 4) is 0 Å². The highest BCUT2D eigenvalue weighted by Crippen LogP contribution is 2.44. The van der Waals surface area contributed by atoms with Crippen molar-refractivity contribution in [1.29, 1.82) is 0 Å². The van der Waals surface area contributed by atoms with Gasteiger partial charge in [-0.25, -0.2) is 18.2 Å². The van der Waals surface area contributed by atoms with Gasteiger partial charge in [0.2, 0.25) is 10.0 Å². The van der Waals surface area contributed by atoms with Gasteiger partial charge in [0, 0.05) is 19.0 Å². The van der Waals surface area contributed by atoms with Gasteiger partial charge in [-0.3, -0.25) is 4.79 Å². The second-order valence-electron chi connectivity index (χ2n) is 12.2. The highest BCUT2D eigenvalue weighted by atomic mass is 35.5. The molecule has 4 aromatic rings. The molecule has 0 bridgehead atoms. The standard InChI is InChI=1S/C38H34ClN3O5S/c39-34-19-18-31(48(45,46)41-21-20-27-12-7-8-15-30(27)24-41)23-33(34)38(44)47-25-35(43)42-37(28-13-5-2-6-14-28)32-17-9-16-29(36(32)40-42)22-26-10-3-1-4-11-26/h1-8,10-15,18-19,22-23,32,37H,9,16-17,20-21,24-25H2/b29-22-. The predicted molar refractivity (Wildman–Crippen MR) is 185 cm³/mol. The van der Waals surface area contributed by atoms with Gasteiger partial charge >= 0.3 is 5.97 Å². The Kier molecular flexibility index (Phi) is 9.00. The fourth-order valence-corrected chi connectivity index (χ4v) is 8.50. The smallest absolute Gasteiger partial charge is 0.340 e.